The molecule has 0 fully saturated rings. The highest BCUT2D eigenvalue weighted by Gasteiger charge is 2.11. The number of carbonyl (C=O) groups is 1. The predicted molar refractivity (Wildman–Crippen MR) is 93.4 cm³/mol. The summed E-state index contributed by atoms with van der Waals surface area (Å²) in [6.07, 6.45) is 2.50. The van der Waals surface area contributed by atoms with Crippen LogP contribution < -0.4 is 5.32 Å². The number of anilines is 1. The molecule has 3 rings (SSSR count). The molecular weight excluding hydrogens is 336 g/mol. The molecule has 1 amide bonds. The van der Waals surface area contributed by atoms with Gasteiger partial charge in [-0.2, -0.15) is 0 Å². The Morgan fingerprint density at radius 1 is 1.32 bits per heavy atom. The van der Waals surface area contributed by atoms with Crippen molar-refractivity contribution in [3.05, 3.63) is 67.8 Å². The maximum absolute atomic E-state index is 12.0. The molecule has 3 aromatic rings. The van der Waals surface area contributed by atoms with Crippen molar-refractivity contribution >= 4 is 45.3 Å². The molecule has 0 radical (unpaired) electrons. The summed E-state index contributed by atoms with van der Waals surface area (Å²) in [5.41, 5.74) is 2.14. The van der Waals surface area contributed by atoms with Gasteiger partial charge >= 0.3 is 0 Å². The fraction of sp³-hybridized carbons (Fsp3) is 0.125. The van der Waals surface area contributed by atoms with Gasteiger partial charge in [0.1, 0.15) is 0 Å². The van der Waals surface area contributed by atoms with E-state index in [0.29, 0.717) is 16.4 Å². The zero-order valence-corrected chi connectivity index (χ0v) is 14.2. The summed E-state index contributed by atoms with van der Waals surface area (Å²) in [5, 5.41) is 6.10. The van der Waals surface area contributed by atoms with Crippen LogP contribution in [0.15, 0.2) is 41.9 Å². The number of aryl methyl sites for hydroxylation is 1. The van der Waals surface area contributed by atoms with Gasteiger partial charge in [0.25, 0.3) is 5.91 Å². The summed E-state index contributed by atoms with van der Waals surface area (Å²) >= 11 is 9.20. The number of carbonyl (C=O) groups excluding carboxylic acids is 1. The van der Waals surface area contributed by atoms with Crippen molar-refractivity contribution in [3.63, 3.8) is 0 Å². The average molecular weight is 349 g/mol. The predicted octanol–water partition coefficient (Wildman–Crippen LogP) is 5.01. The van der Waals surface area contributed by atoms with Crippen LogP contribution in [0.1, 0.15) is 25.7 Å². The molecule has 0 bridgehead atoms. The van der Waals surface area contributed by atoms with E-state index in [9.17, 15) is 4.79 Å². The molecule has 0 saturated heterocycles. The summed E-state index contributed by atoms with van der Waals surface area (Å²) in [6, 6.07) is 9.65. The lowest BCUT2D eigenvalue weighted by atomic mass is 10.1. The van der Waals surface area contributed by atoms with Gasteiger partial charge in [-0.15, -0.1) is 22.7 Å². The van der Waals surface area contributed by atoms with Crippen LogP contribution in [0.4, 0.5) is 5.13 Å². The number of halogens is 1. The number of thiophene rings is 1. The molecular formula is C16H13ClN2OS2. The molecule has 0 aliphatic rings. The Bertz CT molecular complexity index is 796. The normalized spacial score (nSPS) is 10.6. The molecule has 1 N–H and O–H groups in total. The van der Waals surface area contributed by atoms with E-state index < -0.39 is 0 Å². The standard InChI is InChI=1S/C16H13ClN2OS2/c1-10-4-2-5-11(14(10)17)8-12-9-18-16(22-12)19-15(20)13-6-3-7-21-13/h2-7,9H,8H2,1H3,(H,18,19,20). The second-order valence-corrected chi connectivity index (χ2v) is 7.23. The van der Waals surface area contributed by atoms with E-state index in [4.69, 9.17) is 11.6 Å². The van der Waals surface area contributed by atoms with E-state index in [1.807, 2.05) is 36.6 Å². The third-order valence-corrected chi connectivity index (χ3v) is 5.48. The van der Waals surface area contributed by atoms with E-state index in [1.165, 1.54) is 22.7 Å². The lowest BCUT2D eigenvalue weighted by Crippen LogP contribution is -2.09. The number of nitrogens with one attached hydrogen (secondary N) is 1. The highest BCUT2D eigenvalue weighted by Crippen LogP contribution is 2.27. The van der Waals surface area contributed by atoms with Crippen LogP contribution in [0.5, 0.6) is 0 Å². The highest BCUT2D eigenvalue weighted by atomic mass is 35.5. The zero-order valence-electron chi connectivity index (χ0n) is 11.8. The van der Waals surface area contributed by atoms with Crippen molar-refractivity contribution in [1.82, 2.24) is 4.98 Å². The summed E-state index contributed by atoms with van der Waals surface area (Å²) < 4.78 is 0. The largest absolute Gasteiger partial charge is 0.297 e. The molecule has 0 aliphatic heterocycles. The van der Waals surface area contributed by atoms with Gasteiger partial charge in [-0.05, 0) is 29.5 Å². The molecule has 0 unspecified atom stereocenters. The first-order chi connectivity index (χ1) is 10.6. The molecule has 0 aliphatic carbocycles. The minimum absolute atomic E-state index is 0.121. The van der Waals surface area contributed by atoms with Crippen molar-refractivity contribution in [2.75, 3.05) is 5.32 Å². The average Bonchev–Trinajstić information content (AvgIpc) is 3.15. The molecule has 112 valence electrons. The molecule has 2 heterocycles. The number of rotatable bonds is 4. The first-order valence-electron chi connectivity index (χ1n) is 6.67. The Hall–Kier alpha value is -1.69. The van der Waals surface area contributed by atoms with E-state index in [1.54, 1.807) is 12.3 Å². The molecule has 3 nitrogen and oxygen atoms in total. The molecule has 2 aromatic heterocycles. The second-order valence-electron chi connectivity index (χ2n) is 4.79. The molecule has 6 heteroatoms. The number of hydrogen-bond acceptors (Lipinski definition) is 4. The van der Waals surface area contributed by atoms with Crippen LogP contribution in [0, 0.1) is 6.92 Å². The Morgan fingerprint density at radius 2 is 2.18 bits per heavy atom. The molecule has 1 aromatic carbocycles. The fourth-order valence-corrected chi connectivity index (χ4v) is 3.69. The van der Waals surface area contributed by atoms with Crippen molar-refractivity contribution in [2.45, 2.75) is 13.3 Å². The maximum Gasteiger partial charge on any atom is 0.267 e. The number of hydrogen-bond donors (Lipinski definition) is 1. The van der Waals surface area contributed by atoms with Gasteiger partial charge in [-0.3, -0.25) is 10.1 Å². The lowest BCUT2D eigenvalue weighted by molar-refractivity contribution is 0.103. The van der Waals surface area contributed by atoms with Crippen LogP contribution in [0.2, 0.25) is 5.02 Å². The quantitative estimate of drug-likeness (QED) is 0.720. The number of benzene rings is 1. The minimum atomic E-state index is -0.121. The summed E-state index contributed by atoms with van der Waals surface area (Å²) in [6.45, 7) is 1.99. The maximum atomic E-state index is 12.0. The van der Waals surface area contributed by atoms with Crippen molar-refractivity contribution in [3.8, 4) is 0 Å². The summed E-state index contributed by atoms with van der Waals surface area (Å²) in [7, 11) is 0. The highest BCUT2D eigenvalue weighted by molar-refractivity contribution is 7.16. The summed E-state index contributed by atoms with van der Waals surface area (Å²) in [4.78, 5) is 18.0. The van der Waals surface area contributed by atoms with Gasteiger partial charge in [0.05, 0.1) is 4.88 Å². The minimum Gasteiger partial charge on any atom is -0.297 e. The van der Waals surface area contributed by atoms with Crippen LogP contribution >= 0.6 is 34.3 Å². The van der Waals surface area contributed by atoms with Crippen molar-refractivity contribution < 1.29 is 4.79 Å². The zero-order chi connectivity index (χ0) is 15.5. The van der Waals surface area contributed by atoms with Crippen molar-refractivity contribution in [1.29, 1.82) is 0 Å². The van der Waals surface area contributed by atoms with Crippen LogP contribution in [-0.4, -0.2) is 10.9 Å². The van der Waals surface area contributed by atoms with E-state index in [2.05, 4.69) is 10.3 Å². The first-order valence-corrected chi connectivity index (χ1v) is 8.74. The fourth-order valence-electron chi connectivity index (χ4n) is 2.05. The Labute approximate surface area is 141 Å². The molecule has 22 heavy (non-hydrogen) atoms. The van der Waals surface area contributed by atoms with Gasteiger partial charge < -0.3 is 0 Å². The molecule has 0 atom stereocenters. The van der Waals surface area contributed by atoms with Gasteiger partial charge in [-0.1, -0.05) is 35.9 Å². The Kier molecular flexibility index (Phi) is 4.57. The van der Waals surface area contributed by atoms with Gasteiger partial charge in [0.2, 0.25) is 0 Å². The SMILES string of the molecule is Cc1cccc(Cc2cnc(NC(=O)c3cccs3)s2)c1Cl. The smallest absolute Gasteiger partial charge is 0.267 e. The molecule has 0 spiro atoms. The van der Waals surface area contributed by atoms with Gasteiger partial charge in [0, 0.05) is 22.5 Å². The number of thiazole rings is 1. The molecule has 0 saturated carbocycles. The van der Waals surface area contributed by atoms with Crippen LogP contribution in [-0.2, 0) is 6.42 Å². The Morgan fingerprint density at radius 3 is 2.95 bits per heavy atom. The monoisotopic (exact) mass is 348 g/mol. The third-order valence-electron chi connectivity index (χ3n) is 3.16. The van der Waals surface area contributed by atoms with Gasteiger partial charge in [-0.25, -0.2) is 4.98 Å². The second kappa shape index (κ2) is 6.60. The van der Waals surface area contributed by atoms with E-state index in [-0.39, 0.29) is 5.91 Å². The topological polar surface area (TPSA) is 42.0 Å². The Balaban J connectivity index is 1.71. The number of nitrogens with zero attached hydrogens (tertiary/aromatic N) is 1. The van der Waals surface area contributed by atoms with Crippen LogP contribution in [0.25, 0.3) is 0 Å². The van der Waals surface area contributed by atoms with E-state index >= 15 is 0 Å². The first kappa shape index (κ1) is 15.2. The number of amides is 1. The van der Waals surface area contributed by atoms with Crippen molar-refractivity contribution in [2.24, 2.45) is 0 Å². The van der Waals surface area contributed by atoms with Crippen LogP contribution in [0.3, 0.4) is 0 Å². The third kappa shape index (κ3) is 3.38. The summed E-state index contributed by atoms with van der Waals surface area (Å²) in [5.74, 6) is -0.121. The van der Waals surface area contributed by atoms with Gasteiger partial charge in [0.15, 0.2) is 5.13 Å². The number of aromatic nitrogens is 1. The van der Waals surface area contributed by atoms with E-state index in [0.717, 1.165) is 21.0 Å². The lowest BCUT2D eigenvalue weighted by Gasteiger charge is -2.04.